The summed E-state index contributed by atoms with van der Waals surface area (Å²) in [5.41, 5.74) is 2.59. The molecule has 0 saturated heterocycles. The highest BCUT2D eigenvalue weighted by Crippen LogP contribution is 2.21. The quantitative estimate of drug-likeness (QED) is 0.641. The van der Waals surface area contributed by atoms with Crippen molar-refractivity contribution < 1.29 is 18.0 Å². The standard InChI is InChI=1S/C25H33N3O4S/c1-5-28(6-2)33(31,32)22-13-9-12-20(16-22)24(29)26-23(18(3)4)25(30)27-15-14-19-10-7-8-11-21(19)17-27/h7-13,16,18,23H,5-6,14-15,17H2,1-4H3,(H,26,29). The molecule has 0 saturated carbocycles. The van der Waals surface area contributed by atoms with Gasteiger partial charge in [0, 0.05) is 31.7 Å². The van der Waals surface area contributed by atoms with Gasteiger partial charge in [0.25, 0.3) is 5.91 Å². The molecule has 2 amide bonds. The van der Waals surface area contributed by atoms with E-state index in [-0.39, 0.29) is 22.3 Å². The van der Waals surface area contributed by atoms with E-state index in [9.17, 15) is 18.0 Å². The minimum absolute atomic E-state index is 0.0684. The monoisotopic (exact) mass is 471 g/mol. The highest BCUT2D eigenvalue weighted by molar-refractivity contribution is 7.89. The first-order chi connectivity index (χ1) is 15.7. The zero-order valence-electron chi connectivity index (χ0n) is 19.7. The molecule has 1 N–H and O–H groups in total. The summed E-state index contributed by atoms with van der Waals surface area (Å²) in [5.74, 6) is -0.711. The molecule has 1 unspecified atom stereocenters. The van der Waals surface area contributed by atoms with Crippen molar-refractivity contribution in [3.63, 3.8) is 0 Å². The van der Waals surface area contributed by atoms with Gasteiger partial charge in [-0.25, -0.2) is 8.42 Å². The molecule has 178 valence electrons. The molecule has 1 aliphatic rings. The zero-order valence-corrected chi connectivity index (χ0v) is 20.6. The van der Waals surface area contributed by atoms with E-state index in [1.807, 2.05) is 32.0 Å². The fraction of sp³-hybridized carbons (Fsp3) is 0.440. The highest BCUT2D eigenvalue weighted by Gasteiger charge is 2.31. The number of sulfonamides is 1. The maximum atomic E-state index is 13.3. The maximum absolute atomic E-state index is 13.3. The third-order valence-corrected chi connectivity index (χ3v) is 8.15. The molecule has 2 aromatic carbocycles. The van der Waals surface area contributed by atoms with Crippen LogP contribution in [0.1, 0.15) is 49.2 Å². The molecule has 3 rings (SSSR count). The second kappa shape index (κ2) is 10.5. The number of nitrogens with zero attached hydrogens (tertiary/aromatic N) is 2. The van der Waals surface area contributed by atoms with Crippen LogP contribution in [0, 0.1) is 5.92 Å². The van der Waals surface area contributed by atoms with E-state index in [0.29, 0.717) is 26.2 Å². The fourth-order valence-corrected chi connectivity index (χ4v) is 5.63. The van der Waals surface area contributed by atoms with Crippen LogP contribution in [0.25, 0.3) is 0 Å². The summed E-state index contributed by atoms with van der Waals surface area (Å²) in [6.07, 6.45) is 0.784. The Bertz CT molecular complexity index is 1110. The number of fused-ring (bicyclic) bond motifs is 1. The van der Waals surface area contributed by atoms with Crippen molar-refractivity contribution >= 4 is 21.8 Å². The molecule has 8 heteroatoms. The third kappa shape index (κ3) is 5.45. The molecule has 33 heavy (non-hydrogen) atoms. The van der Waals surface area contributed by atoms with Crippen molar-refractivity contribution in [2.45, 2.75) is 51.6 Å². The predicted octanol–water partition coefficient (Wildman–Crippen LogP) is 3.06. The Morgan fingerprint density at radius 2 is 1.70 bits per heavy atom. The molecule has 0 fully saturated rings. The van der Waals surface area contributed by atoms with Gasteiger partial charge in [-0.1, -0.05) is 58.0 Å². The van der Waals surface area contributed by atoms with Crippen LogP contribution in [0.15, 0.2) is 53.4 Å². The van der Waals surface area contributed by atoms with Crippen molar-refractivity contribution in [2.24, 2.45) is 5.92 Å². The Morgan fingerprint density at radius 3 is 2.33 bits per heavy atom. The van der Waals surface area contributed by atoms with Crippen LogP contribution >= 0.6 is 0 Å². The van der Waals surface area contributed by atoms with Crippen molar-refractivity contribution in [1.29, 1.82) is 0 Å². The zero-order chi connectivity index (χ0) is 24.2. The van der Waals surface area contributed by atoms with E-state index in [1.165, 1.54) is 22.0 Å². The normalized spacial score (nSPS) is 14.8. The van der Waals surface area contributed by atoms with E-state index in [1.54, 1.807) is 30.9 Å². The van der Waals surface area contributed by atoms with Crippen molar-refractivity contribution in [3.05, 3.63) is 65.2 Å². The first-order valence-corrected chi connectivity index (χ1v) is 12.9. The predicted molar refractivity (Wildman–Crippen MR) is 128 cm³/mol. The first-order valence-electron chi connectivity index (χ1n) is 11.5. The Balaban J connectivity index is 1.78. The van der Waals surface area contributed by atoms with Gasteiger partial charge in [0.2, 0.25) is 15.9 Å². The average molecular weight is 472 g/mol. The van der Waals surface area contributed by atoms with Crippen LogP contribution in [0.5, 0.6) is 0 Å². The van der Waals surface area contributed by atoms with E-state index in [0.717, 1.165) is 12.0 Å². The van der Waals surface area contributed by atoms with E-state index in [2.05, 4.69) is 11.4 Å². The van der Waals surface area contributed by atoms with Crippen LogP contribution < -0.4 is 5.32 Å². The van der Waals surface area contributed by atoms with Gasteiger partial charge in [0.15, 0.2) is 0 Å². The Kier molecular flexibility index (Phi) is 7.92. The molecular formula is C25H33N3O4S. The maximum Gasteiger partial charge on any atom is 0.251 e. The third-order valence-electron chi connectivity index (χ3n) is 6.10. The molecule has 0 aromatic heterocycles. The number of nitrogens with one attached hydrogen (secondary N) is 1. The molecule has 1 aliphatic heterocycles. The number of carbonyl (C=O) groups is 2. The van der Waals surface area contributed by atoms with Crippen LogP contribution in [-0.4, -0.2) is 55.1 Å². The van der Waals surface area contributed by atoms with Gasteiger partial charge in [-0.3, -0.25) is 9.59 Å². The lowest BCUT2D eigenvalue weighted by atomic mass is 9.97. The molecule has 2 aromatic rings. The van der Waals surface area contributed by atoms with Gasteiger partial charge >= 0.3 is 0 Å². The summed E-state index contributed by atoms with van der Waals surface area (Å²) in [6, 6.07) is 13.4. The Hall–Kier alpha value is -2.71. The van der Waals surface area contributed by atoms with Crippen LogP contribution in [0.2, 0.25) is 0 Å². The summed E-state index contributed by atoms with van der Waals surface area (Å²) in [6.45, 7) is 9.14. The van der Waals surface area contributed by atoms with Crippen LogP contribution in [0.3, 0.4) is 0 Å². The second-order valence-electron chi connectivity index (χ2n) is 8.59. The Morgan fingerprint density at radius 1 is 1.03 bits per heavy atom. The van der Waals surface area contributed by atoms with Gasteiger partial charge in [-0.15, -0.1) is 0 Å². The van der Waals surface area contributed by atoms with Gasteiger partial charge in [0.1, 0.15) is 6.04 Å². The van der Waals surface area contributed by atoms with E-state index >= 15 is 0 Å². The summed E-state index contributed by atoms with van der Waals surface area (Å²) in [4.78, 5) is 28.2. The molecule has 7 nitrogen and oxygen atoms in total. The largest absolute Gasteiger partial charge is 0.340 e. The molecule has 0 radical (unpaired) electrons. The van der Waals surface area contributed by atoms with Crippen molar-refractivity contribution in [3.8, 4) is 0 Å². The van der Waals surface area contributed by atoms with E-state index < -0.39 is 22.0 Å². The second-order valence-corrected chi connectivity index (χ2v) is 10.5. The van der Waals surface area contributed by atoms with Gasteiger partial charge in [0.05, 0.1) is 4.90 Å². The average Bonchev–Trinajstić information content (AvgIpc) is 2.82. The van der Waals surface area contributed by atoms with Gasteiger partial charge in [-0.2, -0.15) is 4.31 Å². The lowest BCUT2D eigenvalue weighted by Gasteiger charge is -2.33. The van der Waals surface area contributed by atoms with Crippen molar-refractivity contribution in [2.75, 3.05) is 19.6 Å². The molecule has 0 spiro atoms. The minimum atomic E-state index is -3.69. The van der Waals surface area contributed by atoms with Crippen molar-refractivity contribution in [1.82, 2.24) is 14.5 Å². The molecule has 1 heterocycles. The number of hydrogen-bond donors (Lipinski definition) is 1. The SMILES string of the molecule is CCN(CC)S(=O)(=O)c1cccc(C(=O)NC(C(=O)N2CCc3ccccc3C2)C(C)C)c1. The number of carbonyl (C=O) groups excluding carboxylic acids is 2. The summed E-state index contributed by atoms with van der Waals surface area (Å²) < 4.78 is 27.0. The molecule has 0 aliphatic carbocycles. The number of amides is 2. The van der Waals surface area contributed by atoms with Crippen LogP contribution in [-0.2, 0) is 27.8 Å². The molecular weight excluding hydrogens is 438 g/mol. The highest BCUT2D eigenvalue weighted by atomic mass is 32.2. The lowest BCUT2D eigenvalue weighted by molar-refractivity contribution is -0.135. The molecule has 0 bridgehead atoms. The number of benzene rings is 2. The summed E-state index contributed by atoms with van der Waals surface area (Å²) >= 11 is 0. The topological polar surface area (TPSA) is 86.8 Å². The minimum Gasteiger partial charge on any atom is -0.340 e. The van der Waals surface area contributed by atoms with Gasteiger partial charge in [-0.05, 0) is 41.7 Å². The Labute approximate surface area is 196 Å². The number of rotatable bonds is 8. The lowest BCUT2D eigenvalue weighted by Crippen LogP contribution is -2.52. The summed E-state index contributed by atoms with van der Waals surface area (Å²) in [5, 5.41) is 2.85. The number of hydrogen-bond acceptors (Lipinski definition) is 4. The van der Waals surface area contributed by atoms with E-state index in [4.69, 9.17) is 0 Å². The summed E-state index contributed by atoms with van der Waals surface area (Å²) in [7, 11) is -3.69. The van der Waals surface area contributed by atoms with Gasteiger partial charge < -0.3 is 10.2 Å². The fourth-order valence-electron chi connectivity index (χ4n) is 4.13. The molecule has 1 atom stereocenters. The first kappa shape index (κ1) is 24.9. The van der Waals surface area contributed by atoms with Crippen LogP contribution in [0.4, 0.5) is 0 Å². The smallest absolute Gasteiger partial charge is 0.251 e.